The predicted octanol–water partition coefficient (Wildman–Crippen LogP) is 2.49. The Labute approximate surface area is 95.3 Å². The molecule has 0 unspecified atom stereocenters. The maximum absolute atomic E-state index is 11.7. The summed E-state index contributed by atoms with van der Waals surface area (Å²) in [5, 5.41) is 9.29. The van der Waals surface area contributed by atoms with Crippen LogP contribution in [0.2, 0.25) is 0 Å². The van der Waals surface area contributed by atoms with E-state index in [1.54, 1.807) is 43.5 Å². The van der Waals surface area contributed by atoms with E-state index in [9.17, 15) is 9.90 Å². The fourth-order valence-electron chi connectivity index (χ4n) is 1.19. The first-order valence-corrected chi connectivity index (χ1v) is 5.01. The van der Waals surface area contributed by atoms with Gasteiger partial charge in [0.2, 0.25) is 0 Å². The largest absolute Gasteiger partial charge is 0.508 e. The molecule has 0 bridgehead atoms. The minimum absolute atomic E-state index is 0.135. The number of rotatable bonds is 3. The van der Waals surface area contributed by atoms with Crippen molar-refractivity contribution in [2.75, 3.05) is 11.9 Å². The summed E-state index contributed by atoms with van der Waals surface area (Å²) >= 11 is 0. The van der Waals surface area contributed by atoms with E-state index in [-0.39, 0.29) is 11.7 Å². The molecule has 0 atom stereocenters. The number of likely N-dealkylation sites (N-methyl/N-ethyl adjacent to an activating group) is 1. The first kappa shape index (κ1) is 12.0. The molecule has 0 saturated carbocycles. The maximum Gasteiger partial charge on any atom is 0.250 e. The van der Waals surface area contributed by atoms with Gasteiger partial charge in [0.25, 0.3) is 5.91 Å². The van der Waals surface area contributed by atoms with E-state index in [4.69, 9.17) is 0 Å². The number of benzene rings is 1. The Kier molecular flexibility index (Phi) is 4.33. The Bertz CT molecular complexity index is 422. The molecule has 0 spiro atoms. The van der Waals surface area contributed by atoms with E-state index < -0.39 is 0 Å². The second-order valence-corrected chi connectivity index (χ2v) is 3.30. The summed E-state index contributed by atoms with van der Waals surface area (Å²) in [6.45, 7) is 1.88. The van der Waals surface area contributed by atoms with E-state index in [1.807, 2.05) is 13.0 Å². The van der Waals surface area contributed by atoms with Gasteiger partial charge in [0.05, 0.1) is 0 Å². The highest BCUT2D eigenvalue weighted by Crippen LogP contribution is 2.18. The van der Waals surface area contributed by atoms with Crippen LogP contribution in [0.1, 0.15) is 6.92 Å². The molecule has 1 amide bonds. The van der Waals surface area contributed by atoms with Crippen molar-refractivity contribution >= 4 is 11.6 Å². The molecule has 0 aliphatic rings. The highest BCUT2D eigenvalue weighted by Gasteiger charge is 2.07. The van der Waals surface area contributed by atoms with Crippen molar-refractivity contribution in [2.45, 2.75) is 6.92 Å². The van der Waals surface area contributed by atoms with Gasteiger partial charge in [-0.1, -0.05) is 24.3 Å². The second kappa shape index (κ2) is 5.75. The van der Waals surface area contributed by atoms with Crippen molar-refractivity contribution in [1.82, 2.24) is 0 Å². The van der Waals surface area contributed by atoms with Crippen LogP contribution in [0.4, 0.5) is 5.69 Å². The van der Waals surface area contributed by atoms with Crippen LogP contribution >= 0.6 is 0 Å². The van der Waals surface area contributed by atoms with Crippen molar-refractivity contribution in [3.63, 3.8) is 0 Å². The van der Waals surface area contributed by atoms with Gasteiger partial charge in [-0.05, 0) is 19.1 Å². The van der Waals surface area contributed by atoms with Crippen LogP contribution in [-0.4, -0.2) is 18.1 Å². The van der Waals surface area contributed by atoms with Crippen molar-refractivity contribution < 1.29 is 9.90 Å². The molecule has 3 nitrogen and oxygen atoms in total. The highest BCUT2D eigenvalue weighted by atomic mass is 16.3. The number of nitrogens with zero attached hydrogens (tertiary/aromatic N) is 1. The molecule has 3 heteroatoms. The molecule has 16 heavy (non-hydrogen) atoms. The first-order chi connectivity index (χ1) is 7.65. The maximum atomic E-state index is 11.7. The number of amides is 1. The molecule has 0 fully saturated rings. The number of anilines is 1. The summed E-state index contributed by atoms with van der Waals surface area (Å²) in [7, 11) is 1.66. The molecule has 0 aromatic heterocycles. The van der Waals surface area contributed by atoms with Crippen LogP contribution in [-0.2, 0) is 4.79 Å². The van der Waals surface area contributed by atoms with E-state index in [0.29, 0.717) is 5.69 Å². The number of carbonyl (C=O) groups excluding carboxylic acids is 1. The van der Waals surface area contributed by atoms with E-state index in [2.05, 4.69) is 0 Å². The lowest BCUT2D eigenvalue weighted by atomic mass is 10.2. The number of hydrogen-bond donors (Lipinski definition) is 1. The van der Waals surface area contributed by atoms with Gasteiger partial charge < -0.3 is 10.0 Å². The van der Waals surface area contributed by atoms with E-state index in [0.717, 1.165) is 0 Å². The third-order valence-corrected chi connectivity index (χ3v) is 2.09. The van der Waals surface area contributed by atoms with Gasteiger partial charge in [-0.2, -0.15) is 0 Å². The van der Waals surface area contributed by atoms with Gasteiger partial charge in [0.15, 0.2) is 0 Å². The summed E-state index contributed by atoms with van der Waals surface area (Å²) in [5.41, 5.74) is 0.662. The Hall–Kier alpha value is -2.03. The number of phenolic OH excluding ortho intramolecular Hbond substituents is 1. The highest BCUT2D eigenvalue weighted by molar-refractivity contribution is 6.01. The van der Waals surface area contributed by atoms with Crippen molar-refractivity contribution in [2.24, 2.45) is 0 Å². The fraction of sp³-hybridized carbons (Fsp3) is 0.154. The predicted molar refractivity (Wildman–Crippen MR) is 65.5 cm³/mol. The van der Waals surface area contributed by atoms with Crippen molar-refractivity contribution in [1.29, 1.82) is 0 Å². The smallest absolute Gasteiger partial charge is 0.250 e. The quantitative estimate of drug-likeness (QED) is 0.624. The van der Waals surface area contributed by atoms with Crippen LogP contribution in [0.15, 0.2) is 48.6 Å². The van der Waals surface area contributed by atoms with Crippen molar-refractivity contribution in [3.05, 3.63) is 48.6 Å². The van der Waals surface area contributed by atoms with Gasteiger partial charge in [-0.25, -0.2) is 0 Å². The zero-order chi connectivity index (χ0) is 12.0. The summed E-state index contributed by atoms with van der Waals surface area (Å²) in [6, 6.07) is 6.57. The molecule has 0 aliphatic heterocycles. The Morgan fingerprint density at radius 2 is 2.12 bits per heavy atom. The van der Waals surface area contributed by atoms with Crippen LogP contribution in [0.3, 0.4) is 0 Å². The molecule has 1 N–H and O–H groups in total. The lowest BCUT2D eigenvalue weighted by Crippen LogP contribution is -2.23. The monoisotopic (exact) mass is 217 g/mol. The second-order valence-electron chi connectivity index (χ2n) is 3.30. The van der Waals surface area contributed by atoms with Crippen molar-refractivity contribution in [3.8, 4) is 5.75 Å². The molecule has 0 heterocycles. The average molecular weight is 217 g/mol. The number of hydrogen-bond acceptors (Lipinski definition) is 2. The van der Waals surface area contributed by atoms with Crippen LogP contribution in [0.25, 0.3) is 0 Å². The number of allylic oxidation sites excluding steroid dienone is 3. The Morgan fingerprint density at radius 3 is 2.75 bits per heavy atom. The van der Waals surface area contributed by atoms with Gasteiger partial charge >= 0.3 is 0 Å². The summed E-state index contributed by atoms with van der Waals surface area (Å²) in [4.78, 5) is 13.1. The SMILES string of the molecule is CC=CC=CC(=O)N(C)c1cccc(O)c1. The van der Waals surface area contributed by atoms with Gasteiger partial charge in [0.1, 0.15) is 5.75 Å². The number of aromatic hydroxyl groups is 1. The molecular weight excluding hydrogens is 202 g/mol. The van der Waals surface area contributed by atoms with Crippen LogP contribution in [0, 0.1) is 0 Å². The zero-order valence-electron chi connectivity index (χ0n) is 9.42. The Morgan fingerprint density at radius 1 is 1.38 bits per heavy atom. The molecule has 0 radical (unpaired) electrons. The molecule has 1 aromatic rings. The van der Waals surface area contributed by atoms with Gasteiger partial charge in [-0.15, -0.1) is 0 Å². The molecular formula is C13H15NO2. The van der Waals surface area contributed by atoms with Crippen LogP contribution < -0.4 is 4.90 Å². The minimum Gasteiger partial charge on any atom is -0.508 e. The number of phenols is 1. The average Bonchev–Trinajstić information content (AvgIpc) is 2.28. The molecule has 0 aliphatic carbocycles. The lowest BCUT2D eigenvalue weighted by molar-refractivity contribution is -0.113. The van der Waals surface area contributed by atoms with E-state index >= 15 is 0 Å². The molecule has 84 valence electrons. The summed E-state index contributed by atoms with van der Waals surface area (Å²) < 4.78 is 0. The first-order valence-electron chi connectivity index (χ1n) is 5.01. The van der Waals surface area contributed by atoms with Gasteiger partial charge in [0, 0.05) is 24.9 Å². The normalized spacial score (nSPS) is 11.1. The fourth-order valence-corrected chi connectivity index (χ4v) is 1.19. The topological polar surface area (TPSA) is 40.5 Å². The number of carbonyl (C=O) groups is 1. The molecule has 1 rings (SSSR count). The molecule has 1 aromatic carbocycles. The summed E-state index contributed by atoms with van der Waals surface area (Å²) in [5.74, 6) is 0.0123. The zero-order valence-corrected chi connectivity index (χ0v) is 9.42. The standard InChI is InChI=1S/C13H15NO2/c1-3-4-5-9-13(16)14(2)11-7-6-8-12(15)10-11/h3-10,15H,1-2H3. The van der Waals surface area contributed by atoms with Crippen LogP contribution in [0.5, 0.6) is 5.75 Å². The third kappa shape index (κ3) is 3.28. The summed E-state index contributed by atoms with van der Waals surface area (Å²) in [6.07, 6.45) is 6.79. The Balaban J connectivity index is 2.78. The third-order valence-electron chi connectivity index (χ3n) is 2.09. The minimum atomic E-state index is -0.135. The molecule has 0 saturated heterocycles. The lowest BCUT2D eigenvalue weighted by Gasteiger charge is -2.15. The van der Waals surface area contributed by atoms with Gasteiger partial charge in [-0.3, -0.25) is 4.79 Å². The van der Waals surface area contributed by atoms with E-state index in [1.165, 1.54) is 11.0 Å².